The van der Waals surface area contributed by atoms with Crippen LogP contribution in [0.4, 0.5) is 0 Å². The van der Waals surface area contributed by atoms with Gasteiger partial charge in [0.15, 0.2) is 0 Å². The Morgan fingerprint density at radius 3 is 2.61 bits per heavy atom. The molecule has 4 aliphatic rings. The van der Waals surface area contributed by atoms with Gasteiger partial charge in [0.05, 0.1) is 6.10 Å². The summed E-state index contributed by atoms with van der Waals surface area (Å²) in [6.07, 6.45) is 7.90. The van der Waals surface area contributed by atoms with Crippen LogP contribution in [-0.2, 0) is 9.59 Å². The molecule has 0 saturated heterocycles. The summed E-state index contributed by atoms with van der Waals surface area (Å²) in [4.78, 5) is 24.9. The third-order valence-corrected chi connectivity index (χ3v) is 8.53. The quantitative estimate of drug-likeness (QED) is 0.646. The number of hydrogen-bond acceptors (Lipinski definition) is 3. The Hall–Kier alpha value is -1.36. The Morgan fingerprint density at radius 1 is 1.21 bits per heavy atom. The molecule has 0 aromatic carbocycles. The summed E-state index contributed by atoms with van der Waals surface area (Å²) in [5, 5.41) is 17.4. The van der Waals surface area contributed by atoms with E-state index in [1.54, 1.807) is 6.08 Å². The summed E-state index contributed by atoms with van der Waals surface area (Å²) in [5.41, 5.74) is -0.383. The van der Waals surface area contributed by atoms with Gasteiger partial charge >= 0.3 is 0 Å². The molecule has 5 nitrogen and oxygen atoms in total. The Kier molecular flexibility index (Phi) is 4.50. The molecule has 0 bridgehead atoms. The van der Waals surface area contributed by atoms with Crippen molar-refractivity contribution in [2.75, 3.05) is 0 Å². The largest absolute Gasteiger partial charge is 0.393 e. The lowest BCUT2D eigenvalue weighted by molar-refractivity contribution is -0.146. The van der Waals surface area contributed by atoms with E-state index >= 15 is 0 Å². The Balaban J connectivity index is 1.62. The minimum atomic E-state index is -0.413. The topological polar surface area (TPSA) is 78.4 Å². The lowest BCUT2D eigenvalue weighted by Crippen LogP contribution is -2.63. The number of nitrogens with one attached hydrogen (secondary N) is 2. The van der Waals surface area contributed by atoms with Gasteiger partial charge in [-0.3, -0.25) is 9.59 Å². The van der Waals surface area contributed by atoms with Gasteiger partial charge in [-0.05, 0) is 82.1 Å². The summed E-state index contributed by atoms with van der Waals surface area (Å²) >= 11 is 0. The smallest absolute Gasteiger partial charge is 0.243 e. The van der Waals surface area contributed by atoms with Crippen LogP contribution in [0.5, 0.6) is 0 Å². The molecule has 0 spiro atoms. The molecule has 4 rings (SSSR count). The minimum absolute atomic E-state index is 0.00648. The second-order valence-corrected chi connectivity index (χ2v) is 11.3. The first kappa shape index (κ1) is 19.9. The van der Waals surface area contributed by atoms with Crippen molar-refractivity contribution >= 4 is 11.8 Å². The zero-order valence-electron chi connectivity index (χ0n) is 17.9. The molecule has 8 unspecified atom stereocenters. The van der Waals surface area contributed by atoms with E-state index in [2.05, 4.69) is 30.6 Å². The third-order valence-electron chi connectivity index (χ3n) is 8.53. The van der Waals surface area contributed by atoms with Gasteiger partial charge in [0.25, 0.3) is 0 Å². The van der Waals surface area contributed by atoms with Gasteiger partial charge in [0.1, 0.15) is 0 Å². The van der Waals surface area contributed by atoms with Crippen molar-refractivity contribution in [3.8, 4) is 0 Å². The maximum Gasteiger partial charge on any atom is 0.243 e. The van der Waals surface area contributed by atoms with Gasteiger partial charge in [-0.1, -0.05) is 19.9 Å². The molecule has 156 valence electrons. The fraction of sp³-hybridized carbons (Fsp3) is 0.826. The molecule has 2 amide bonds. The summed E-state index contributed by atoms with van der Waals surface area (Å²) < 4.78 is 0. The average molecular weight is 389 g/mol. The van der Waals surface area contributed by atoms with Gasteiger partial charge in [0.2, 0.25) is 11.8 Å². The van der Waals surface area contributed by atoms with Crippen LogP contribution < -0.4 is 10.6 Å². The predicted octanol–water partition coefficient (Wildman–Crippen LogP) is 2.79. The Morgan fingerprint density at radius 2 is 1.93 bits per heavy atom. The molecular formula is C23H36N2O3. The van der Waals surface area contributed by atoms with Gasteiger partial charge < -0.3 is 15.7 Å². The molecule has 1 aliphatic heterocycles. The molecular weight excluding hydrogens is 352 g/mol. The number of carbonyl (C=O) groups excluding carboxylic acids is 2. The molecule has 0 aromatic rings. The molecule has 8 atom stereocenters. The number of fused-ring (bicyclic) bond motifs is 5. The van der Waals surface area contributed by atoms with Crippen LogP contribution in [0.25, 0.3) is 0 Å². The second kappa shape index (κ2) is 6.32. The predicted molar refractivity (Wildman–Crippen MR) is 108 cm³/mol. The highest BCUT2D eigenvalue weighted by molar-refractivity contribution is 5.89. The normalized spacial score (nSPS) is 47.6. The maximum absolute atomic E-state index is 13.1. The molecule has 3 aliphatic carbocycles. The van der Waals surface area contributed by atoms with Crippen LogP contribution in [0.1, 0.15) is 66.7 Å². The van der Waals surface area contributed by atoms with Gasteiger partial charge in [0, 0.05) is 22.9 Å². The lowest BCUT2D eigenvalue weighted by atomic mass is 9.47. The first-order valence-corrected chi connectivity index (χ1v) is 11.0. The highest BCUT2D eigenvalue weighted by Crippen LogP contribution is 2.65. The van der Waals surface area contributed by atoms with Crippen molar-refractivity contribution in [1.82, 2.24) is 10.6 Å². The standard InChI is InChI=1S/C23H36N2O3/c1-21(2,3)25-20(28)15-7-6-13-19-14(8-10-22(13,15)4)23(5)11-9-18(27)24-17(23)12-16(19)26/h9,11,13-17,19,26H,6-8,10,12H2,1-5H3,(H,24,27)(H,25,28). The summed E-state index contributed by atoms with van der Waals surface area (Å²) in [6, 6.07) is 0.00648. The van der Waals surface area contributed by atoms with E-state index in [1.807, 2.05) is 20.8 Å². The van der Waals surface area contributed by atoms with E-state index in [0.29, 0.717) is 18.3 Å². The fourth-order valence-corrected chi connectivity index (χ4v) is 7.18. The average Bonchev–Trinajstić information content (AvgIpc) is 2.92. The first-order valence-electron chi connectivity index (χ1n) is 11.0. The van der Waals surface area contributed by atoms with E-state index in [1.165, 1.54) is 0 Å². The molecule has 0 aromatic heterocycles. The van der Waals surface area contributed by atoms with Crippen molar-refractivity contribution in [2.24, 2.45) is 34.5 Å². The highest BCUT2D eigenvalue weighted by Gasteiger charge is 2.63. The van der Waals surface area contributed by atoms with Crippen LogP contribution in [0.3, 0.4) is 0 Å². The highest BCUT2D eigenvalue weighted by atomic mass is 16.3. The lowest BCUT2D eigenvalue weighted by Gasteiger charge is -2.60. The summed E-state index contributed by atoms with van der Waals surface area (Å²) in [7, 11) is 0. The monoisotopic (exact) mass is 388 g/mol. The third kappa shape index (κ3) is 2.92. The van der Waals surface area contributed by atoms with Crippen LogP contribution in [0, 0.1) is 34.5 Å². The summed E-state index contributed by atoms with van der Waals surface area (Å²) in [6.45, 7) is 10.6. The number of hydrogen-bond donors (Lipinski definition) is 3. The fourth-order valence-electron chi connectivity index (χ4n) is 7.18. The van der Waals surface area contributed by atoms with Crippen molar-refractivity contribution in [3.05, 3.63) is 12.2 Å². The van der Waals surface area contributed by atoms with E-state index in [9.17, 15) is 14.7 Å². The molecule has 1 heterocycles. The second-order valence-electron chi connectivity index (χ2n) is 11.3. The van der Waals surface area contributed by atoms with Gasteiger partial charge in [-0.25, -0.2) is 0 Å². The maximum atomic E-state index is 13.1. The number of rotatable bonds is 1. The Labute approximate surface area is 168 Å². The number of aliphatic hydroxyl groups is 1. The molecule has 3 saturated carbocycles. The zero-order valence-corrected chi connectivity index (χ0v) is 17.9. The van der Waals surface area contributed by atoms with Crippen LogP contribution >= 0.6 is 0 Å². The van der Waals surface area contributed by atoms with Crippen LogP contribution in [0.15, 0.2) is 12.2 Å². The first-order chi connectivity index (χ1) is 13.0. The van der Waals surface area contributed by atoms with E-state index in [0.717, 1.165) is 25.7 Å². The molecule has 0 radical (unpaired) electrons. The zero-order chi connectivity index (χ0) is 20.5. The SMILES string of the molecule is CC(C)(C)NC(=O)C1CCC2C3C(O)CC4NC(=O)C=CC4(C)C3CCC12C. The van der Waals surface area contributed by atoms with Crippen LogP contribution in [0.2, 0.25) is 0 Å². The number of amides is 2. The van der Waals surface area contributed by atoms with Crippen molar-refractivity contribution in [2.45, 2.75) is 84.4 Å². The van der Waals surface area contributed by atoms with Gasteiger partial charge in [-0.2, -0.15) is 0 Å². The Bertz CT molecular complexity index is 711. The van der Waals surface area contributed by atoms with Gasteiger partial charge in [-0.15, -0.1) is 0 Å². The summed E-state index contributed by atoms with van der Waals surface area (Å²) in [5.74, 6) is 1.06. The molecule has 3 N–H and O–H groups in total. The number of aliphatic hydroxyl groups excluding tert-OH is 1. The van der Waals surface area contributed by atoms with E-state index in [4.69, 9.17) is 0 Å². The molecule has 28 heavy (non-hydrogen) atoms. The van der Waals surface area contributed by atoms with Crippen molar-refractivity contribution in [1.29, 1.82) is 0 Å². The van der Waals surface area contributed by atoms with Crippen LogP contribution in [-0.4, -0.2) is 34.6 Å². The minimum Gasteiger partial charge on any atom is -0.393 e. The van der Waals surface area contributed by atoms with E-state index < -0.39 is 6.10 Å². The van der Waals surface area contributed by atoms with Crippen molar-refractivity contribution in [3.63, 3.8) is 0 Å². The number of carbonyl (C=O) groups is 2. The molecule has 3 fully saturated rings. The molecule has 5 heteroatoms. The van der Waals surface area contributed by atoms with Crippen molar-refractivity contribution < 1.29 is 14.7 Å². The van der Waals surface area contributed by atoms with E-state index in [-0.39, 0.29) is 46.1 Å².